The summed E-state index contributed by atoms with van der Waals surface area (Å²) in [5.74, 6) is -1.81. The summed E-state index contributed by atoms with van der Waals surface area (Å²) < 4.78 is 28.0. The van der Waals surface area contributed by atoms with Gasteiger partial charge in [-0.25, -0.2) is 0 Å². The van der Waals surface area contributed by atoms with Crippen molar-refractivity contribution in [2.45, 2.75) is 34.8 Å². The molecule has 6 heteroatoms. The van der Waals surface area contributed by atoms with E-state index in [4.69, 9.17) is 58.6 Å². The maximum Gasteiger partial charge on any atom is 0.217 e. The summed E-state index contributed by atoms with van der Waals surface area (Å²) in [6.45, 7) is 0. The molecule has 0 amide bonds. The average Bonchev–Trinajstić information content (AvgIpc) is 3.11. The van der Waals surface area contributed by atoms with Crippen molar-refractivity contribution in [1.29, 1.82) is 0 Å². The van der Waals surface area contributed by atoms with Gasteiger partial charge in [0.15, 0.2) is 0 Å². The van der Waals surface area contributed by atoms with Crippen LogP contribution < -0.4 is 0 Å². The van der Waals surface area contributed by atoms with Crippen LogP contribution in [0, 0.1) is 23.7 Å². The van der Waals surface area contributed by atoms with Crippen LogP contribution in [-0.2, 0) is 9.47 Å². The first-order valence-electron chi connectivity index (χ1n) is 7.78. The van der Waals surface area contributed by atoms with Crippen molar-refractivity contribution in [2.24, 2.45) is 23.7 Å². The molecule has 4 bridgehead atoms. The molecular weight excluding hydrogens is 342 g/mol. The van der Waals surface area contributed by atoms with Gasteiger partial charge in [0.25, 0.3) is 0 Å². The normalized spacial score (nSPS) is 63.7. The van der Waals surface area contributed by atoms with Gasteiger partial charge in [-0.05, 0) is 42.9 Å². The topological polar surface area (TPSA) is 18.5 Å². The fourth-order valence-corrected chi connectivity index (χ4v) is 7.52. The van der Waals surface area contributed by atoms with Crippen LogP contribution in [0.2, 0.25) is 0 Å². The average molecular weight is 360 g/mol. The van der Waals surface area contributed by atoms with E-state index in [1.54, 1.807) is 0 Å². The van der Waals surface area contributed by atoms with Gasteiger partial charge in [-0.3, -0.25) is 0 Å². The fraction of sp³-hybridized carbons (Fsp3) is 0.857. The van der Waals surface area contributed by atoms with Crippen molar-refractivity contribution >= 4 is 46.4 Å². The lowest BCUT2D eigenvalue weighted by atomic mass is 9.73. The summed E-state index contributed by atoms with van der Waals surface area (Å²) in [4.78, 5) is -2.42. The van der Waals surface area contributed by atoms with Crippen LogP contribution in [-0.4, -0.2) is 29.8 Å². The largest absolute Gasteiger partial charge is 0.350 e. The van der Waals surface area contributed by atoms with E-state index in [-0.39, 0.29) is 33.7 Å². The highest BCUT2D eigenvalue weighted by molar-refractivity contribution is 6.52. The molecule has 20 heavy (non-hydrogen) atoms. The maximum absolute atomic E-state index is 8.30. The van der Waals surface area contributed by atoms with E-state index < -0.39 is 28.3 Å². The number of methoxy groups -OCH3 is 2. The Labute approximate surface area is 141 Å². The minimum atomic E-state index is -1.38. The van der Waals surface area contributed by atoms with Gasteiger partial charge in [0.1, 0.15) is 9.75 Å². The second kappa shape index (κ2) is 4.01. The molecule has 4 aliphatic rings. The quantitative estimate of drug-likeness (QED) is 0.415. The molecule has 0 spiro atoms. The molecule has 0 N–H and O–H groups in total. The smallest absolute Gasteiger partial charge is 0.217 e. The van der Waals surface area contributed by atoms with Crippen LogP contribution >= 0.6 is 46.4 Å². The summed E-state index contributed by atoms with van der Waals surface area (Å²) in [6.07, 6.45) is -0.217. The molecule has 0 aromatic heterocycles. The van der Waals surface area contributed by atoms with Crippen molar-refractivity contribution < 1.29 is 12.2 Å². The number of fused-ring (bicyclic) bond motifs is 9. The van der Waals surface area contributed by atoms with Gasteiger partial charge in [-0.15, -0.1) is 23.2 Å². The fourth-order valence-electron chi connectivity index (χ4n) is 5.19. The van der Waals surface area contributed by atoms with Gasteiger partial charge >= 0.3 is 0 Å². The summed E-state index contributed by atoms with van der Waals surface area (Å²) in [7, 11) is 2.97. The molecule has 0 aromatic carbocycles. The standard InChI is InChI=1S/C14H16Cl4O2/c1-19-14(20-2)12(17)8-6-3-4-7(5-6)9(8)13(14,18)11(16)10(12)15/h6-9H,3-5H2,1-2H3/t6-,7+,8+,9-,12+,13-/i3D,4D/t3-,4+,6+,7-,8-,9+,12-,13+. The van der Waals surface area contributed by atoms with Crippen LogP contribution in [0.15, 0.2) is 10.1 Å². The number of rotatable bonds is 2. The van der Waals surface area contributed by atoms with Gasteiger partial charge in [0, 0.05) is 17.0 Å². The van der Waals surface area contributed by atoms with E-state index in [9.17, 15) is 0 Å². The SMILES string of the molecule is [2H][C@@H]1[C@H]([2H])[C@@H]2C[C@H]1[C@@H]1[C@H]2[C@]2(Cl)C(Cl)=C(Cl)[C@@]1(Cl)C2(OC)OC. The zero-order valence-corrected chi connectivity index (χ0v) is 14.0. The molecule has 0 saturated heterocycles. The van der Waals surface area contributed by atoms with Crippen LogP contribution in [0.25, 0.3) is 0 Å². The molecule has 0 heterocycles. The minimum Gasteiger partial charge on any atom is -0.350 e. The first kappa shape index (κ1) is 12.3. The highest BCUT2D eigenvalue weighted by atomic mass is 35.5. The second-order valence-electron chi connectivity index (χ2n) is 6.08. The predicted molar refractivity (Wildman–Crippen MR) is 80.5 cm³/mol. The third-order valence-electron chi connectivity index (χ3n) is 5.74. The Hall–Kier alpha value is 0.820. The Morgan fingerprint density at radius 3 is 1.75 bits per heavy atom. The minimum absolute atomic E-state index is 0.0428. The Morgan fingerprint density at radius 2 is 1.40 bits per heavy atom. The van der Waals surface area contributed by atoms with Crippen LogP contribution in [0.3, 0.4) is 0 Å². The summed E-state index contributed by atoms with van der Waals surface area (Å²) in [6, 6.07) is 0. The second-order valence-corrected chi connectivity index (χ2v) is 8.02. The number of ether oxygens (including phenoxy) is 2. The lowest BCUT2D eigenvalue weighted by Gasteiger charge is -2.42. The van der Waals surface area contributed by atoms with E-state index in [0.717, 1.165) is 6.42 Å². The summed E-state index contributed by atoms with van der Waals surface area (Å²) >= 11 is 27.0. The lowest BCUT2D eigenvalue weighted by molar-refractivity contribution is -0.222. The molecule has 112 valence electrons. The molecule has 4 aliphatic carbocycles. The third-order valence-corrected chi connectivity index (χ3v) is 8.39. The third kappa shape index (κ3) is 1.10. The molecule has 2 nitrogen and oxygen atoms in total. The maximum atomic E-state index is 8.30. The van der Waals surface area contributed by atoms with Crippen molar-refractivity contribution in [3.8, 4) is 0 Å². The summed E-state index contributed by atoms with van der Waals surface area (Å²) in [5, 5.41) is 0.522. The number of alkyl halides is 2. The van der Waals surface area contributed by atoms with Gasteiger partial charge < -0.3 is 9.47 Å². The van der Waals surface area contributed by atoms with E-state index in [1.165, 1.54) is 14.2 Å². The molecule has 0 radical (unpaired) electrons. The monoisotopic (exact) mass is 358 g/mol. The molecule has 3 fully saturated rings. The zero-order valence-electron chi connectivity index (χ0n) is 13.0. The molecule has 4 rings (SSSR count). The highest BCUT2D eigenvalue weighted by Crippen LogP contribution is 2.80. The van der Waals surface area contributed by atoms with E-state index in [2.05, 4.69) is 0 Å². The first-order chi connectivity index (χ1) is 10.2. The number of hydrogen-bond acceptors (Lipinski definition) is 2. The number of hydrogen-bond donors (Lipinski definition) is 0. The van der Waals surface area contributed by atoms with E-state index >= 15 is 0 Å². The van der Waals surface area contributed by atoms with Crippen LogP contribution in [0.4, 0.5) is 0 Å². The van der Waals surface area contributed by atoms with Crippen molar-refractivity contribution in [2.75, 3.05) is 14.2 Å². The zero-order chi connectivity index (χ0) is 16.2. The molecule has 0 aliphatic heterocycles. The Morgan fingerprint density at radius 1 is 1.00 bits per heavy atom. The number of halogens is 4. The Bertz CT molecular complexity index is 539. The van der Waals surface area contributed by atoms with Gasteiger partial charge in [0.2, 0.25) is 5.79 Å². The Balaban J connectivity index is 1.99. The van der Waals surface area contributed by atoms with Gasteiger partial charge in [0.05, 0.1) is 10.1 Å². The van der Waals surface area contributed by atoms with Crippen molar-refractivity contribution in [3.63, 3.8) is 0 Å². The van der Waals surface area contributed by atoms with Crippen LogP contribution in [0.5, 0.6) is 0 Å². The molecular formula is C14H16Cl4O2. The Kier molecular flexibility index (Phi) is 2.46. The first-order valence-corrected chi connectivity index (χ1v) is 8.14. The van der Waals surface area contributed by atoms with Crippen LogP contribution in [0.1, 0.15) is 22.0 Å². The summed E-state index contributed by atoms with van der Waals surface area (Å²) in [5.41, 5.74) is 0. The van der Waals surface area contributed by atoms with Gasteiger partial charge in [-0.1, -0.05) is 23.2 Å². The van der Waals surface area contributed by atoms with Gasteiger partial charge in [-0.2, -0.15) is 0 Å². The molecule has 0 aromatic rings. The highest BCUT2D eigenvalue weighted by Gasteiger charge is 2.87. The molecule has 3 saturated carbocycles. The lowest BCUT2D eigenvalue weighted by Crippen LogP contribution is -2.58. The predicted octanol–water partition coefficient (Wildman–Crippen LogP) is 4.31. The van der Waals surface area contributed by atoms with E-state index in [0.29, 0.717) is 0 Å². The van der Waals surface area contributed by atoms with E-state index in [1.807, 2.05) is 0 Å². The molecule has 0 unspecified atom stereocenters. The molecule has 8 atom stereocenters. The van der Waals surface area contributed by atoms with Crippen molar-refractivity contribution in [3.05, 3.63) is 10.1 Å². The van der Waals surface area contributed by atoms with Crippen molar-refractivity contribution in [1.82, 2.24) is 0 Å².